The molecule has 0 atom stereocenters. The van der Waals surface area contributed by atoms with Crippen molar-refractivity contribution in [2.45, 2.75) is 32.2 Å². The minimum absolute atomic E-state index is 0.00463. The number of amides is 1. The number of rotatable bonds is 3. The summed E-state index contributed by atoms with van der Waals surface area (Å²) < 4.78 is 18.7. The Kier molecular flexibility index (Phi) is 3.07. The lowest BCUT2D eigenvalue weighted by Gasteiger charge is -2.13. The maximum Gasteiger partial charge on any atom is 0.295 e. The predicted molar refractivity (Wildman–Crippen MR) is 79.1 cm³/mol. The molecule has 2 aromatic heterocycles. The van der Waals surface area contributed by atoms with Gasteiger partial charge in [0.05, 0.1) is 10.9 Å². The average Bonchev–Trinajstić information content (AvgIpc) is 2.99. The number of anilines is 1. The molecule has 1 aliphatic carbocycles. The standard InChI is InChI=1S/C12H12FIN4O2/c1-6-7(11(19)18(13)14)8-9(17-12(2)3-4-12)15-5-16-10(8)20-6/h5H,3-4H2,1-2H3,(H,15,16,17). The quantitative estimate of drug-likeness (QED) is 0.644. The zero-order chi connectivity index (χ0) is 14.5. The van der Waals surface area contributed by atoms with Gasteiger partial charge in [0.2, 0.25) is 5.71 Å². The zero-order valence-electron chi connectivity index (χ0n) is 10.9. The van der Waals surface area contributed by atoms with Gasteiger partial charge in [0.25, 0.3) is 5.91 Å². The van der Waals surface area contributed by atoms with Crippen molar-refractivity contribution in [3.63, 3.8) is 0 Å². The first-order valence-corrected chi connectivity index (χ1v) is 7.06. The molecule has 106 valence electrons. The van der Waals surface area contributed by atoms with Crippen LogP contribution in [0, 0.1) is 6.92 Å². The van der Waals surface area contributed by atoms with Crippen molar-refractivity contribution in [1.82, 2.24) is 13.3 Å². The van der Waals surface area contributed by atoms with Crippen LogP contribution in [-0.4, -0.2) is 24.7 Å². The van der Waals surface area contributed by atoms with E-state index in [4.69, 9.17) is 4.42 Å². The summed E-state index contributed by atoms with van der Waals surface area (Å²) in [7, 11) is 0. The Morgan fingerprint density at radius 3 is 2.85 bits per heavy atom. The fourth-order valence-corrected chi connectivity index (χ4v) is 2.32. The lowest BCUT2D eigenvalue weighted by molar-refractivity contribution is 0.0679. The summed E-state index contributed by atoms with van der Waals surface area (Å²) in [6, 6.07) is 0. The molecule has 1 N–H and O–H groups in total. The molecule has 3 rings (SSSR count). The second-order valence-corrected chi connectivity index (χ2v) is 6.01. The fourth-order valence-electron chi connectivity index (χ4n) is 2.08. The van der Waals surface area contributed by atoms with E-state index in [2.05, 4.69) is 22.2 Å². The molecule has 0 saturated heterocycles. The number of hydrogen-bond donors (Lipinski definition) is 1. The largest absolute Gasteiger partial charge is 0.442 e. The number of nitrogens with zero attached hydrogens (tertiary/aromatic N) is 3. The molecule has 0 bridgehead atoms. The van der Waals surface area contributed by atoms with Crippen molar-refractivity contribution < 1.29 is 13.7 Å². The highest BCUT2D eigenvalue weighted by Gasteiger charge is 2.38. The van der Waals surface area contributed by atoms with Gasteiger partial charge in [-0.05, 0) is 26.7 Å². The Hall–Kier alpha value is -1.45. The van der Waals surface area contributed by atoms with E-state index in [-0.39, 0.29) is 20.2 Å². The molecule has 1 fully saturated rings. The molecule has 0 unspecified atom stereocenters. The summed E-state index contributed by atoms with van der Waals surface area (Å²) >= 11 is 1.29. The highest BCUT2D eigenvalue weighted by molar-refractivity contribution is 14.1. The lowest BCUT2D eigenvalue weighted by Crippen LogP contribution is -2.18. The van der Waals surface area contributed by atoms with E-state index >= 15 is 0 Å². The van der Waals surface area contributed by atoms with Crippen molar-refractivity contribution in [2.75, 3.05) is 5.32 Å². The molecule has 0 spiro atoms. The van der Waals surface area contributed by atoms with Gasteiger partial charge in [-0.15, -0.1) is 3.34 Å². The summed E-state index contributed by atoms with van der Waals surface area (Å²) in [4.78, 5) is 20.1. The summed E-state index contributed by atoms with van der Waals surface area (Å²) in [5.41, 5.74) is 0.419. The molecule has 0 aromatic carbocycles. The zero-order valence-corrected chi connectivity index (χ0v) is 13.1. The molecule has 2 aromatic rings. The molecule has 1 saturated carbocycles. The molecule has 6 nitrogen and oxygen atoms in total. The SMILES string of the molecule is Cc1oc2ncnc(NC3(C)CC3)c2c1C(=O)N(F)I. The Bertz CT molecular complexity index is 696. The van der Waals surface area contributed by atoms with Crippen LogP contribution in [0.4, 0.5) is 10.3 Å². The van der Waals surface area contributed by atoms with Gasteiger partial charge in [-0.1, -0.05) is 4.48 Å². The highest BCUT2D eigenvalue weighted by Crippen LogP contribution is 2.40. The van der Waals surface area contributed by atoms with E-state index < -0.39 is 5.91 Å². The Labute approximate surface area is 128 Å². The van der Waals surface area contributed by atoms with E-state index in [0.717, 1.165) is 12.8 Å². The average molecular weight is 390 g/mol. The first kappa shape index (κ1) is 13.5. The second-order valence-electron chi connectivity index (χ2n) is 5.16. The molecule has 2 heterocycles. The van der Waals surface area contributed by atoms with Crippen LogP contribution >= 0.6 is 22.9 Å². The monoisotopic (exact) mass is 390 g/mol. The van der Waals surface area contributed by atoms with Crippen molar-refractivity contribution in [3.8, 4) is 0 Å². The summed E-state index contributed by atoms with van der Waals surface area (Å²) in [6.07, 6.45) is 3.42. The maximum atomic E-state index is 13.2. The van der Waals surface area contributed by atoms with Crippen LogP contribution < -0.4 is 5.32 Å². The number of aromatic nitrogens is 2. The van der Waals surface area contributed by atoms with Gasteiger partial charge in [0.1, 0.15) is 40.8 Å². The summed E-state index contributed by atoms with van der Waals surface area (Å²) in [6.45, 7) is 3.67. The van der Waals surface area contributed by atoms with Gasteiger partial charge < -0.3 is 9.73 Å². The van der Waals surface area contributed by atoms with Gasteiger partial charge in [-0.2, -0.15) is 0 Å². The number of fused-ring (bicyclic) bond motifs is 1. The molecule has 8 heteroatoms. The van der Waals surface area contributed by atoms with Gasteiger partial charge in [-0.3, -0.25) is 4.79 Å². The van der Waals surface area contributed by atoms with Crippen molar-refractivity contribution in [2.24, 2.45) is 0 Å². The van der Waals surface area contributed by atoms with Gasteiger partial charge in [0.15, 0.2) is 0 Å². The third-order valence-electron chi connectivity index (χ3n) is 3.45. The third kappa shape index (κ3) is 2.21. The third-order valence-corrected chi connectivity index (χ3v) is 3.89. The Balaban J connectivity index is 2.18. The van der Waals surface area contributed by atoms with Crippen molar-refractivity contribution >= 4 is 45.7 Å². The van der Waals surface area contributed by atoms with Gasteiger partial charge in [0, 0.05) is 5.54 Å². The maximum absolute atomic E-state index is 13.2. The van der Waals surface area contributed by atoms with Crippen LogP contribution in [0.2, 0.25) is 0 Å². The van der Waals surface area contributed by atoms with Crippen LogP contribution in [0.5, 0.6) is 0 Å². The van der Waals surface area contributed by atoms with Crippen LogP contribution in [0.25, 0.3) is 11.1 Å². The van der Waals surface area contributed by atoms with E-state index in [1.807, 2.05) is 0 Å². The van der Waals surface area contributed by atoms with Crippen molar-refractivity contribution in [3.05, 3.63) is 17.7 Å². The van der Waals surface area contributed by atoms with E-state index in [0.29, 0.717) is 17.0 Å². The van der Waals surface area contributed by atoms with Crippen LogP contribution in [0.15, 0.2) is 10.7 Å². The first-order chi connectivity index (χ1) is 9.41. The lowest BCUT2D eigenvalue weighted by atomic mass is 10.1. The molecular weight excluding hydrogens is 378 g/mol. The normalized spacial score (nSPS) is 16.2. The Morgan fingerprint density at radius 2 is 2.25 bits per heavy atom. The van der Waals surface area contributed by atoms with Crippen LogP contribution in [0.1, 0.15) is 35.9 Å². The van der Waals surface area contributed by atoms with Gasteiger partial charge in [-0.25, -0.2) is 9.97 Å². The minimum Gasteiger partial charge on any atom is -0.442 e. The number of carbonyl (C=O) groups excluding carboxylic acids is 1. The smallest absolute Gasteiger partial charge is 0.295 e. The number of furan rings is 1. The topological polar surface area (TPSA) is 71.3 Å². The van der Waals surface area contributed by atoms with Crippen LogP contribution in [-0.2, 0) is 0 Å². The van der Waals surface area contributed by atoms with Gasteiger partial charge >= 0.3 is 0 Å². The molecule has 0 radical (unpaired) electrons. The second kappa shape index (κ2) is 4.54. The molecule has 1 amide bonds. The number of nitrogens with one attached hydrogen (secondary N) is 1. The molecule has 0 aliphatic heterocycles. The highest BCUT2D eigenvalue weighted by atomic mass is 127. The number of hydrogen-bond acceptors (Lipinski definition) is 5. The van der Waals surface area contributed by atoms with E-state index in [1.54, 1.807) is 6.92 Å². The molecular formula is C12H12FIN4O2. The Morgan fingerprint density at radius 1 is 1.55 bits per heavy atom. The summed E-state index contributed by atoms with van der Waals surface area (Å²) in [5, 5.41) is 3.71. The first-order valence-electron chi connectivity index (χ1n) is 6.09. The van der Waals surface area contributed by atoms with E-state index in [9.17, 15) is 9.28 Å². The minimum atomic E-state index is -0.777. The predicted octanol–water partition coefficient (Wildman–Crippen LogP) is 3.17. The molecule has 1 aliphatic rings. The molecule has 20 heavy (non-hydrogen) atoms. The summed E-state index contributed by atoms with van der Waals surface area (Å²) in [5.74, 6) is 0.0583. The number of halogens is 2. The van der Waals surface area contributed by atoms with Crippen molar-refractivity contribution in [1.29, 1.82) is 0 Å². The number of aryl methyl sites for hydroxylation is 1. The number of carbonyl (C=O) groups is 1. The van der Waals surface area contributed by atoms with E-state index in [1.165, 1.54) is 29.2 Å². The van der Waals surface area contributed by atoms with Crippen LogP contribution in [0.3, 0.4) is 0 Å². The fraction of sp³-hybridized carbons (Fsp3) is 0.417.